The molecule has 0 spiro atoms. The first-order valence-corrected chi connectivity index (χ1v) is 10.7. The van der Waals surface area contributed by atoms with Gasteiger partial charge in [-0.15, -0.1) is 6.58 Å². The number of carbonyl (C=O) groups excluding carboxylic acids is 2. The molecule has 32 heavy (non-hydrogen) atoms. The molecule has 0 N–H and O–H groups in total. The van der Waals surface area contributed by atoms with Gasteiger partial charge in [0.15, 0.2) is 0 Å². The summed E-state index contributed by atoms with van der Waals surface area (Å²) >= 11 is 0. The van der Waals surface area contributed by atoms with Crippen molar-refractivity contribution in [1.82, 2.24) is 0 Å². The van der Waals surface area contributed by atoms with Gasteiger partial charge in [0.2, 0.25) is 5.91 Å². The number of carbonyl (C=O) groups is 2. The molecular formula is C27H25FN2O2. The van der Waals surface area contributed by atoms with Gasteiger partial charge in [0.1, 0.15) is 5.82 Å². The zero-order valence-corrected chi connectivity index (χ0v) is 17.9. The SMILES string of the molecule is C=CCC(=O)N(c1ccccc1)C1CC(C)N(C(=O)c2ccc(F)cc2)c2ccccc21. The number of amides is 2. The van der Waals surface area contributed by atoms with E-state index in [-0.39, 0.29) is 36.1 Å². The smallest absolute Gasteiger partial charge is 0.258 e. The highest BCUT2D eigenvalue weighted by molar-refractivity contribution is 6.07. The highest BCUT2D eigenvalue weighted by Crippen LogP contribution is 2.42. The van der Waals surface area contributed by atoms with Gasteiger partial charge in [-0.3, -0.25) is 9.59 Å². The highest BCUT2D eigenvalue weighted by atomic mass is 19.1. The normalized spacial score (nSPS) is 17.4. The molecule has 3 aromatic rings. The Balaban J connectivity index is 1.78. The maximum atomic E-state index is 13.4. The first-order chi connectivity index (χ1) is 15.5. The maximum Gasteiger partial charge on any atom is 0.258 e. The second kappa shape index (κ2) is 9.18. The molecule has 0 saturated carbocycles. The molecule has 0 bridgehead atoms. The first-order valence-electron chi connectivity index (χ1n) is 10.7. The van der Waals surface area contributed by atoms with E-state index in [0.29, 0.717) is 12.0 Å². The Morgan fingerprint density at radius 2 is 1.69 bits per heavy atom. The van der Waals surface area contributed by atoms with Crippen molar-refractivity contribution in [2.45, 2.75) is 31.8 Å². The minimum Gasteiger partial charge on any atom is -0.305 e. The Morgan fingerprint density at radius 1 is 1.03 bits per heavy atom. The summed E-state index contributed by atoms with van der Waals surface area (Å²) in [4.78, 5) is 30.1. The molecule has 0 radical (unpaired) electrons. The maximum absolute atomic E-state index is 13.4. The number of halogens is 1. The Labute approximate surface area is 187 Å². The number of nitrogens with zero attached hydrogens (tertiary/aromatic N) is 2. The van der Waals surface area contributed by atoms with Crippen LogP contribution in [0.25, 0.3) is 0 Å². The summed E-state index contributed by atoms with van der Waals surface area (Å²) in [6, 6.07) is 22.4. The quantitative estimate of drug-likeness (QED) is 0.474. The van der Waals surface area contributed by atoms with Gasteiger partial charge in [0.25, 0.3) is 5.91 Å². The summed E-state index contributed by atoms with van der Waals surface area (Å²) in [5.74, 6) is -0.614. The molecule has 0 aliphatic carbocycles. The molecule has 2 atom stereocenters. The molecule has 1 aliphatic rings. The van der Waals surface area contributed by atoms with E-state index in [1.54, 1.807) is 11.0 Å². The molecule has 3 aromatic carbocycles. The molecular weight excluding hydrogens is 403 g/mol. The standard InChI is InChI=1S/C27H25FN2O2/c1-3-9-26(31)30(22-10-5-4-6-11-22)25-18-19(2)29(24-13-8-7-12-23(24)25)27(32)20-14-16-21(28)17-15-20/h3-8,10-17,19,25H,1,9,18H2,2H3. The summed E-state index contributed by atoms with van der Waals surface area (Å²) in [6.07, 6.45) is 2.41. The second-order valence-corrected chi connectivity index (χ2v) is 7.93. The van der Waals surface area contributed by atoms with E-state index < -0.39 is 0 Å². The zero-order valence-electron chi connectivity index (χ0n) is 17.9. The van der Waals surface area contributed by atoms with Gasteiger partial charge < -0.3 is 9.80 Å². The van der Waals surface area contributed by atoms with Crippen LogP contribution in [0, 0.1) is 5.82 Å². The third kappa shape index (κ3) is 4.06. The third-order valence-corrected chi connectivity index (χ3v) is 5.80. The Morgan fingerprint density at radius 3 is 2.38 bits per heavy atom. The van der Waals surface area contributed by atoms with E-state index in [1.165, 1.54) is 24.3 Å². The second-order valence-electron chi connectivity index (χ2n) is 7.93. The predicted octanol–water partition coefficient (Wildman–Crippen LogP) is 5.92. The van der Waals surface area contributed by atoms with Crippen molar-refractivity contribution < 1.29 is 14.0 Å². The van der Waals surface area contributed by atoms with Crippen LogP contribution in [0.1, 0.15) is 41.7 Å². The summed E-state index contributed by atoms with van der Waals surface area (Å²) < 4.78 is 13.4. The van der Waals surface area contributed by atoms with Crippen molar-refractivity contribution in [2.75, 3.05) is 9.80 Å². The van der Waals surface area contributed by atoms with E-state index in [1.807, 2.05) is 66.4 Å². The van der Waals surface area contributed by atoms with Crippen LogP contribution in [0.5, 0.6) is 0 Å². The van der Waals surface area contributed by atoms with Crippen molar-refractivity contribution in [2.24, 2.45) is 0 Å². The fourth-order valence-corrected chi connectivity index (χ4v) is 4.38. The van der Waals surface area contributed by atoms with Crippen LogP contribution in [0.3, 0.4) is 0 Å². The van der Waals surface area contributed by atoms with E-state index in [9.17, 15) is 14.0 Å². The van der Waals surface area contributed by atoms with Crippen LogP contribution >= 0.6 is 0 Å². The van der Waals surface area contributed by atoms with Crippen molar-refractivity contribution in [3.63, 3.8) is 0 Å². The van der Waals surface area contributed by atoms with Crippen LogP contribution in [-0.4, -0.2) is 17.9 Å². The molecule has 1 heterocycles. The number of hydrogen-bond acceptors (Lipinski definition) is 2. The Hall–Kier alpha value is -3.73. The summed E-state index contributed by atoms with van der Waals surface area (Å²) in [5.41, 5.74) is 2.90. The van der Waals surface area contributed by atoms with Crippen molar-refractivity contribution in [3.8, 4) is 0 Å². The molecule has 162 valence electrons. The number of rotatable bonds is 5. The van der Waals surface area contributed by atoms with Crippen LogP contribution in [0.4, 0.5) is 15.8 Å². The van der Waals surface area contributed by atoms with Crippen LogP contribution in [-0.2, 0) is 4.79 Å². The monoisotopic (exact) mass is 428 g/mol. The lowest BCUT2D eigenvalue weighted by atomic mass is 9.89. The number of para-hydroxylation sites is 2. The minimum absolute atomic E-state index is 0.0449. The van der Waals surface area contributed by atoms with E-state index in [4.69, 9.17) is 0 Å². The molecule has 1 aliphatic heterocycles. The van der Waals surface area contributed by atoms with Gasteiger partial charge in [-0.25, -0.2) is 4.39 Å². The zero-order chi connectivity index (χ0) is 22.7. The number of fused-ring (bicyclic) bond motifs is 1. The highest BCUT2D eigenvalue weighted by Gasteiger charge is 2.38. The molecule has 2 amide bonds. The van der Waals surface area contributed by atoms with Crippen molar-refractivity contribution >= 4 is 23.2 Å². The van der Waals surface area contributed by atoms with Crippen LogP contribution in [0.15, 0.2) is 91.5 Å². The van der Waals surface area contributed by atoms with E-state index in [0.717, 1.165) is 16.9 Å². The molecule has 4 rings (SSSR count). The van der Waals surface area contributed by atoms with Crippen LogP contribution < -0.4 is 9.80 Å². The lowest BCUT2D eigenvalue weighted by molar-refractivity contribution is -0.118. The van der Waals surface area contributed by atoms with Gasteiger partial charge in [-0.2, -0.15) is 0 Å². The number of anilines is 2. The van der Waals surface area contributed by atoms with Crippen LogP contribution in [0.2, 0.25) is 0 Å². The fraction of sp³-hybridized carbons (Fsp3) is 0.185. The van der Waals surface area contributed by atoms with E-state index in [2.05, 4.69) is 6.58 Å². The molecule has 2 unspecified atom stereocenters. The number of benzene rings is 3. The van der Waals surface area contributed by atoms with Gasteiger partial charge >= 0.3 is 0 Å². The summed E-state index contributed by atoms with van der Waals surface area (Å²) in [6.45, 7) is 5.71. The predicted molar refractivity (Wildman–Crippen MR) is 125 cm³/mol. The largest absolute Gasteiger partial charge is 0.305 e. The van der Waals surface area contributed by atoms with Gasteiger partial charge in [-0.05, 0) is 61.4 Å². The van der Waals surface area contributed by atoms with E-state index >= 15 is 0 Å². The lowest BCUT2D eigenvalue weighted by Crippen LogP contribution is -2.47. The minimum atomic E-state index is -0.382. The van der Waals surface area contributed by atoms with Crippen molar-refractivity contribution in [1.29, 1.82) is 0 Å². The van der Waals surface area contributed by atoms with Gasteiger partial charge in [-0.1, -0.05) is 42.5 Å². The Kier molecular flexibility index (Phi) is 6.17. The molecule has 5 heteroatoms. The third-order valence-electron chi connectivity index (χ3n) is 5.80. The Bertz CT molecular complexity index is 1130. The summed E-state index contributed by atoms with van der Waals surface area (Å²) in [7, 11) is 0. The topological polar surface area (TPSA) is 40.6 Å². The first kappa shape index (κ1) is 21.5. The van der Waals surface area contributed by atoms with Gasteiger partial charge in [0, 0.05) is 29.4 Å². The molecule has 4 nitrogen and oxygen atoms in total. The summed E-state index contributed by atoms with van der Waals surface area (Å²) in [5, 5.41) is 0. The van der Waals surface area contributed by atoms with Crippen molar-refractivity contribution in [3.05, 3.63) is 108 Å². The molecule has 0 saturated heterocycles. The average Bonchev–Trinajstić information content (AvgIpc) is 2.80. The molecule has 0 aromatic heterocycles. The van der Waals surface area contributed by atoms with Gasteiger partial charge in [0.05, 0.1) is 6.04 Å². The average molecular weight is 429 g/mol. The molecule has 0 fully saturated rings. The lowest BCUT2D eigenvalue weighted by Gasteiger charge is -2.43. The fourth-order valence-electron chi connectivity index (χ4n) is 4.38. The number of hydrogen-bond donors (Lipinski definition) is 0.